The molecule has 1 N–H and O–H groups in total. The molecule has 1 aromatic carbocycles. The lowest BCUT2D eigenvalue weighted by Crippen LogP contribution is -2.15. The van der Waals surface area contributed by atoms with E-state index in [0.29, 0.717) is 24.2 Å². The SMILES string of the molecule is Fc1cc(F)c2c(c1)C(Cl)CCN2. The van der Waals surface area contributed by atoms with E-state index < -0.39 is 11.6 Å². The molecule has 0 radical (unpaired) electrons. The highest BCUT2D eigenvalue weighted by Crippen LogP contribution is 2.36. The summed E-state index contributed by atoms with van der Waals surface area (Å²) < 4.78 is 25.9. The van der Waals surface area contributed by atoms with Crippen molar-refractivity contribution in [2.45, 2.75) is 11.8 Å². The van der Waals surface area contributed by atoms with Gasteiger partial charge in [0.2, 0.25) is 0 Å². The minimum atomic E-state index is -0.578. The van der Waals surface area contributed by atoms with Crippen LogP contribution in [0.3, 0.4) is 0 Å². The molecule has 1 aliphatic rings. The standard InChI is InChI=1S/C9H8ClF2N/c10-7-1-2-13-9-6(7)3-5(11)4-8(9)12/h3-4,7,13H,1-2H2. The van der Waals surface area contributed by atoms with Gasteiger partial charge in [-0.1, -0.05) is 0 Å². The molecule has 0 fully saturated rings. The molecule has 0 saturated heterocycles. The second-order valence-corrected chi connectivity index (χ2v) is 3.56. The predicted octanol–water partition coefficient (Wildman–Crippen LogP) is 3.06. The summed E-state index contributed by atoms with van der Waals surface area (Å²) in [5.74, 6) is -1.15. The summed E-state index contributed by atoms with van der Waals surface area (Å²) in [6.07, 6.45) is 0.692. The summed E-state index contributed by atoms with van der Waals surface area (Å²) in [7, 11) is 0. The van der Waals surface area contributed by atoms with Gasteiger partial charge >= 0.3 is 0 Å². The Hall–Kier alpha value is -0.830. The van der Waals surface area contributed by atoms with Crippen molar-refractivity contribution in [3.05, 3.63) is 29.3 Å². The fourth-order valence-corrected chi connectivity index (χ4v) is 1.79. The lowest BCUT2D eigenvalue weighted by Gasteiger charge is -2.22. The molecule has 70 valence electrons. The van der Waals surface area contributed by atoms with Crippen LogP contribution in [0.1, 0.15) is 17.4 Å². The quantitative estimate of drug-likeness (QED) is 0.639. The van der Waals surface area contributed by atoms with Gasteiger partial charge in [0, 0.05) is 12.6 Å². The maximum atomic E-state index is 13.1. The minimum Gasteiger partial charge on any atom is -0.382 e. The number of rotatable bonds is 0. The van der Waals surface area contributed by atoms with Crippen molar-refractivity contribution in [3.63, 3.8) is 0 Å². The maximum absolute atomic E-state index is 13.1. The molecule has 1 aliphatic heterocycles. The van der Waals surface area contributed by atoms with Crippen LogP contribution in [0.4, 0.5) is 14.5 Å². The molecular weight excluding hydrogens is 196 g/mol. The van der Waals surface area contributed by atoms with Crippen molar-refractivity contribution < 1.29 is 8.78 Å². The third-order valence-corrected chi connectivity index (χ3v) is 2.58. The van der Waals surface area contributed by atoms with Crippen LogP contribution >= 0.6 is 11.6 Å². The van der Waals surface area contributed by atoms with E-state index in [1.165, 1.54) is 6.07 Å². The van der Waals surface area contributed by atoms with Gasteiger partial charge in [0.05, 0.1) is 11.1 Å². The zero-order valence-corrected chi connectivity index (χ0v) is 7.54. The van der Waals surface area contributed by atoms with Crippen molar-refractivity contribution in [3.8, 4) is 0 Å². The van der Waals surface area contributed by atoms with Gasteiger partial charge in [0.1, 0.15) is 11.6 Å². The number of benzene rings is 1. The first-order valence-corrected chi connectivity index (χ1v) is 4.49. The maximum Gasteiger partial charge on any atom is 0.149 e. The first-order valence-electron chi connectivity index (χ1n) is 4.05. The third-order valence-electron chi connectivity index (χ3n) is 2.12. The first-order chi connectivity index (χ1) is 6.18. The molecular formula is C9H8ClF2N. The van der Waals surface area contributed by atoms with E-state index in [0.717, 1.165) is 6.07 Å². The Morgan fingerprint density at radius 3 is 2.92 bits per heavy atom. The van der Waals surface area contributed by atoms with Gasteiger partial charge in [-0.25, -0.2) is 8.78 Å². The van der Waals surface area contributed by atoms with Crippen LogP contribution in [-0.4, -0.2) is 6.54 Å². The molecule has 2 rings (SSSR count). The van der Waals surface area contributed by atoms with E-state index in [4.69, 9.17) is 11.6 Å². The van der Waals surface area contributed by atoms with Crippen molar-refractivity contribution >= 4 is 17.3 Å². The minimum absolute atomic E-state index is 0.290. The fourth-order valence-electron chi connectivity index (χ4n) is 1.51. The summed E-state index contributed by atoms with van der Waals surface area (Å²) in [5.41, 5.74) is 0.859. The molecule has 1 aromatic rings. The molecule has 1 nitrogen and oxygen atoms in total. The monoisotopic (exact) mass is 203 g/mol. The highest BCUT2D eigenvalue weighted by molar-refractivity contribution is 6.21. The summed E-state index contributed by atoms with van der Waals surface area (Å²) in [5, 5.41) is 2.57. The molecule has 1 heterocycles. The van der Waals surface area contributed by atoms with Crippen LogP contribution < -0.4 is 5.32 Å². The number of hydrogen-bond acceptors (Lipinski definition) is 1. The zero-order chi connectivity index (χ0) is 9.42. The van der Waals surface area contributed by atoms with Gasteiger partial charge in [0.25, 0.3) is 0 Å². The molecule has 0 bridgehead atoms. The van der Waals surface area contributed by atoms with Gasteiger partial charge in [-0.05, 0) is 18.1 Å². The van der Waals surface area contributed by atoms with E-state index in [2.05, 4.69) is 5.32 Å². The summed E-state index contributed by atoms with van der Waals surface area (Å²) in [6, 6.07) is 2.14. The van der Waals surface area contributed by atoms with Gasteiger partial charge in [0.15, 0.2) is 0 Å². The summed E-state index contributed by atoms with van der Waals surface area (Å²) in [6.45, 7) is 0.629. The van der Waals surface area contributed by atoms with E-state index in [-0.39, 0.29) is 5.38 Å². The van der Waals surface area contributed by atoms with Gasteiger partial charge in [-0.2, -0.15) is 0 Å². The van der Waals surface area contributed by atoms with Crippen LogP contribution in [0, 0.1) is 11.6 Å². The average molecular weight is 204 g/mol. The molecule has 0 saturated carbocycles. The van der Waals surface area contributed by atoms with E-state index in [9.17, 15) is 8.78 Å². The van der Waals surface area contributed by atoms with Crippen LogP contribution in [0.2, 0.25) is 0 Å². The van der Waals surface area contributed by atoms with Crippen molar-refractivity contribution in [1.29, 1.82) is 0 Å². The Bertz CT molecular complexity index is 341. The Kier molecular flexibility index (Phi) is 2.12. The summed E-state index contributed by atoms with van der Waals surface area (Å²) in [4.78, 5) is 0. The van der Waals surface area contributed by atoms with E-state index in [1.54, 1.807) is 0 Å². The Morgan fingerprint density at radius 1 is 1.38 bits per heavy atom. The second kappa shape index (κ2) is 3.14. The lowest BCUT2D eigenvalue weighted by molar-refractivity contribution is 0.576. The van der Waals surface area contributed by atoms with Gasteiger partial charge in [-0.3, -0.25) is 0 Å². The normalized spacial score (nSPS) is 20.7. The smallest absolute Gasteiger partial charge is 0.149 e. The van der Waals surface area contributed by atoms with Crippen LogP contribution in [0.5, 0.6) is 0 Å². The predicted molar refractivity (Wildman–Crippen MR) is 48.1 cm³/mol. The molecule has 0 amide bonds. The molecule has 4 heteroatoms. The Morgan fingerprint density at radius 2 is 2.15 bits per heavy atom. The number of anilines is 1. The number of nitrogens with one attached hydrogen (secondary N) is 1. The number of fused-ring (bicyclic) bond motifs is 1. The first kappa shape index (κ1) is 8.75. The fraction of sp³-hybridized carbons (Fsp3) is 0.333. The number of halogens is 3. The molecule has 1 unspecified atom stereocenters. The molecule has 13 heavy (non-hydrogen) atoms. The number of alkyl halides is 1. The average Bonchev–Trinajstić information content (AvgIpc) is 2.07. The summed E-state index contributed by atoms with van der Waals surface area (Å²) >= 11 is 5.92. The second-order valence-electron chi connectivity index (χ2n) is 3.03. The topological polar surface area (TPSA) is 12.0 Å². The van der Waals surface area contributed by atoms with Crippen molar-refractivity contribution in [2.75, 3.05) is 11.9 Å². The molecule has 0 aromatic heterocycles. The highest BCUT2D eigenvalue weighted by atomic mass is 35.5. The lowest BCUT2D eigenvalue weighted by atomic mass is 10.0. The highest BCUT2D eigenvalue weighted by Gasteiger charge is 2.21. The van der Waals surface area contributed by atoms with Crippen molar-refractivity contribution in [2.24, 2.45) is 0 Å². The van der Waals surface area contributed by atoms with Crippen molar-refractivity contribution in [1.82, 2.24) is 0 Å². The third kappa shape index (κ3) is 1.48. The van der Waals surface area contributed by atoms with Crippen LogP contribution in [0.15, 0.2) is 12.1 Å². The van der Waals surface area contributed by atoms with E-state index in [1.807, 2.05) is 0 Å². The van der Waals surface area contributed by atoms with Crippen LogP contribution in [-0.2, 0) is 0 Å². The molecule has 0 spiro atoms. The molecule has 1 atom stereocenters. The number of hydrogen-bond donors (Lipinski definition) is 1. The largest absolute Gasteiger partial charge is 0.382 e. The van der Waals surface area contributed by atoms with E-state index >= 15 is 0 Å². The zero-order valence-electron chi connectivity index (χ0n) is 6.78. The van der Waals surface area contributed by atoms with Gasteiger partial charge < -0.3 is 5.32 Å². The Labute approximate surface area is 79.7 Å². The molecule has 0 aliphatic carbocycles. The Balaban J connectivity index is 2.56. The van der Waals surface area contributed by atoms with Crippen LogP contribution in [0.25, 0.3) is 0 Å². The van der Waals surface area contributed by atoms with Gasteiger partial charge in [-0.15, -0.1) is 11.6 Å².